The van der Waals surface area contributed by atoms with Crippen LogP contribution in [0, 0.1) is 13.8 Å². The lowest BCUT2D eigenvalue weighted by Gasteiger charge is -2.11. The van der Waals surface area contributed by atoms with Crippen LogP contribution in [0.25, 0.3) is 5.69 Å². The highest BCUT2D eigenvalue weighted by Gasteiger charge is 2.21. The van der Waals surface area contributed by atoms with E-state index in [0.717, 1.165) is 54.1 Å². The maximum absolute atomic E-state index is 11.9. The Hall–Kier alpha value is -3.09. The molecule has 2 N–H and O–H groups in total. The summed E-state index contributed by atoms with van der Waals surface area (Å²) >= 11 is 0. The van der Waals surface area contributed by atoms with E-state index < -0.39 is 11.8 Å². The van der Waals surface area contributed by atoms with Gasteiger partial charge in [-0.05, 0) is 63.9 Å². The molecule has 1 aliphatic rings. The van der Waals surface area contributed by atoms with Gasteiger partial charge in [0.05, 0.1) is 12.8 Å². The quantitative estimate of drug-likeness (QED) is 0.447. The molecule has 0 saturated heterocycles. The lowest BCUT2D eigenvalue weighted by atomic mass is 10.2. The fraction of sp³-hybridized carbons (Fsp3) is 0.409. The second-order valence-electron chi connectivity index (χ2n) is 7.24. The topological polar surface area (TPSA) is 84.7 Å². The minimum Gasteiger partial charge on any atom is -0.494 e. The molecular weight excluding hydrogens is 368 g/mol. The van der Waals surface area contributed by atoms with E-state index in [0.29, 0.717) is 6.61 Å². The number of rotatable bonds is 6. The van der Waals surface area contributed by atoms with E-state index in [1.54, 1.807) is 6.21 Å². The summed E-state index contributed by atoms with van der Waals surface area (Å²) in [6, 6.07) is 9.97. The van der Waals surface area contributed by atoms with Gasteiger partial charge in [-0.3, -0.25) is 9.59 Å². The van der Waals surface area contributed by atoms with Crippen LogP contribution in [-0.4, -0.2) is 35.2 Å². The van der Waals surface area contributed by atoms with Crippen LogP contribution >= 0.6 is 0 Å². The van der Waals surface area contributed by atoms with Gasteiger partial charge < -0.3 is 14.6 Å². The molecule has 7 nitrogen and oxygen atoms in total. The van der Waals surface area contributed by atoms with Crippen LogP contribution in [-0.2, 0) is 9.59 Å². The zero-order valence-corrected chi connectivity index (χ0v) is 17.2. The van der Waals surface area contributed by atoms with Crippen LogP contribution in [0.5, 0.6) is 5.75 Å². The van der Waals surface area contributed by atoms with E-state index in [9.17, 15) is 9.59 Å². The number of aryl methyl sites for hydroxylation is 1. The van der Waals surface area contributed by atoms with Crippen molar-refractivity contribution in [2.75, 3.05) is 6.61 Å². The molecular formula is C22H28N4O3. The fourth-order valence-electron chi connectivity index (χ4n) is 3.71. The molecule has 0 bridgehead atoms. The highest BCUT2D eigenvalue weighted by Crippen LogP contribution is 2.22. The summed E-state index contributed by atoms with van der Waals surface area (Å²) < 4.78 is 7.60. The average Bonchev–Trinajstić information content (AvgIpc) is 3.31. The highest BCUT2D eigenvalue weighted by atomic mass is 16.5. The monoisotopic (exact) mass is 396 g/mol. The van der Waals surface area contributed by atoms with Crippen LogP contribution in [0.4, 0.5) is 0 Å². The predicted octanol–water partition coefficient (Wildman–Crippen LogP) is 3.00. The lowest BCUT2D eigenvalue weighted by molar-refractivity contribution is -0.139. The first-order valence-corrected chi connectivity index (χ1v) is 10.1. The van der Waals surface area contributed by atoms with Gasteiger partial charge in [0.25, 0.3) is 0 Å². The van der Waals surface area contributed by atoms with Crippen molar-refractivity contribution in [1.29, 1.82) is 0 Å². The molecule has 154 valence electrons. The third kappa shape index (κ3) is 5.04. The van der Waals surface area contributed by atoms with Crippen molar-refractivity contribution >= 4 is 18.0 Å². The van der Waals surface area contributed by atoms with Gasteiger partial charge in [0.1, 0.15) is 5.75 Å². The lowest BCUT2D eigenvalue weighted by Crippen LogP contribution is -2.42. The van der Waals surface area contributed by atoms with Gasteiger partial charge in [0.2, 0.25) is 0 Å². The molecule has 1 fully saturated rings. The molecule has 2 amide bonds. The van der Waals surface area contributed by atoms with Crippen molar-refractivity contribution in [3.63, 3.8) is 0 Å². The SMILES string of the molecule is CCOc1ccc(-n2c(C)cc(/C=N\NC(=O)C(=O)NC3CCCC3)c2C)cc1. The number of carbonyl (C=O) groups is 2. The molecule has 0 radical (unpaired) electrons. The molecule has 29 heavy (non-hydrogen) atoms. The van der Waals surface area contributed by atoms with E-state index in [4.69, 9.17) is 4.74 Å². The molecule has 0 unspecified atom stereocenters. The van der Waals surface area contributed by atoms with E-state index in [-0.39, 0.29) is 6.04 Å². The fourth-order valence-corrected chi connectivity index (χ4v) is 3.71. The normalized spacial score (nSPS) is 14.3. The van der Waals surface area contributed by atoms with Crippen molar-refractivity contribution in [1.82, 2.24) is 15.3 Å². The molecule has 1 saturated carbocycles. The van der Waals surface area contributed by atoms with Crippen LogP contribution < -0.4 is 15.5 Å². The van der Waals surface area contributed by atoms with Crippen LogP contribution in [0.1, 0.15) is 49.6 Å². The smallest absolute Gasteiger partial charge is 0.329 e. The van der Waals surface area contributed by atoms with Gasteiger partial charge in [0, 0.05) is 28.7 Å². The maximum atomic E-state index is 11.9. The third-order valence-corrected chi connectivity index (χ3v) is 5.14. The maximum Gasteiger partial charge on any atom is 0.329 e. The summed E-state index contributed by atoms with van der Waals surface area (Å²) in [5, 5.41) is 6.71. The summed E-state index contributed by atoms with van der Waals surface area (Å²) in [6.45, 7) is 6.58. The van der Waals surface area contributed by atoms with Gasteiger partial charge in [-0.1, -0.05) is 12.8 Å². The first-order chi connectivity index (χ1) is 14.0. The molecule has 0 spiro atoms. The summed E-state index contributed by atoms with van der Waals surface area (Å²) in [6.07, 6.45) is 5.61. The van der Waals surface area contributed by atoms with Crippen molar-refractivity contribution in [2.45, 2.75) is 52.5 Å². The second-order valence-corrected chi connectivity index (χ2v) is 7.24. The Kier molecular flexibility index (Phi) is 6.69. The third-order valence-electron chi connectivity index (χ3n) is 5.14. The molecule has 1 aromatic carbocycles. The summed E-state index contributed by atoms with van der Waals surface area (Å²) in [4.78, 5) is 23.8. The molecule has 3 rings (SSSR count). The van der Waals surface area contributed by atoms with Crippen LogP contribution in [0.15, 0.2) is 35.4 Å². The van der Waals surface area contributed by atoms with Crippen molar-refractivity contribution in [2.24, 2.45) is 5.10 Å². The number of hydrazone groups is 1. The summed E-state index contributed by atoms with van der Waals surface area (Å²) in [5.41, 5.74) is 6.23. The van der Waals surface area contributed by atoms with E-state index in [2.05, 4.69) is 20.4 Å². The van der Waals surface area contributed by atoms with Crippen molar-refractivity contribution in [3.8, 4) is 11.4 Å². The summed E-state index contributed by atoms with van der Waals surface area (Å²) in [5.74, 6) is -0.540. The minimum atomic E-state index is -0.742. The average molecular weight is 396 g/mol. The number of nitrogens with one attached hydrogen (secondary N) is 2. The number of benzene rings is 1. The molecule has 1 aliphatic carbocycles. The number of hydrogen-bond donors (Lipinski definition) is 2. The van der Waals surface area contributed by atoms with Crippen LogP contribution in [0.2, 0.25) is 0 Å². The molecule has 0 atom stereocenters. The van der Waals surface area contributed by atoms with Crippen LogP contribution in [0.3, 0.4) is 0 Å². The Labute approximate surface area is 171 Å². The number of carbonyl (C=O) groups excluding carboxylic acids is 2. The standard InChI is InChI=1S/C22H28N4O3/c1-4-29-20-11-9-19(10-12-20)26-15(2)13-17(16(26)3)14-23-25-22(28)21(27)24-18-7-5-6-8-18/h9-14,18H,4-8H2,1-3H3,(H,24,27)(H,25,28)/b23-14-. The largest absolute Gasteiger partial charge is 0.494 e. The van der Waals surface area contributed by atoms with Crippen molar-refractivity contribution in [3.05, 3.63) is 47.3 Å². The number of aromatic nitrogens is 1. The Morgan fingerprint density at radius 1 is 1.17 bits per heavy atom. The molecule has 2 aromatic rings. The molecule has 1 aromatic heterocycles. The predicted molar refractivity (Wildman–Crippen MR) is 113 cm³/mol. The number of hydrogen-bond acceptors (Lipinski definition) is 4. The molecule has 1 heterocycles. The zero-order valence-electron chi connectivity index (χ0n) is 17.2. The first-order valence-electron chi connectivity index (χ1n) is 10.1. The molecule has 7 heteroatoms. The second kappa shape index (κ2) is 9.41. The first kappa shape index (κ1) is 20.6. The van der Waals surface area contributed by atoms with Gasteiger partial charge in [-0.25, -0.2) is 5.43 Å². The Morgan fingerprint density at radius 3 is 2.52 bits per heavy atom. The summed E-state index contributed by atoms with van der Waals surface area (Å²) in [7, 11) is 0. The number of nitrogens with zero attached hydrogens (tertiary/aromatic N) is 2. The number of amides is 2. The molecule has 0 aliphatic heterocycles. The van der Waals surface area contributed by atoms with E-state index in [1.807, 2.05) is 51.1 Å². The van der Waals surface area contributed by atoms with E-state index >= 15 is 0 Å². The number of ether oxygens (including phenoxy) is 1. The van der Waals surface area contributed by atoms with Crippen molar-refractivity contribution < 1.29 is 14.3 Å². The highest BCUT2D eigenvalue weighted by molar-refractivity contribution is 6.35. The van der Waals surface area contributed by atoms with Gasteiger partial charge in [-0.15, -0.1) is 0 Å². The Morgan fingerprint density at radius 2 is 1.86 bits per heavy atom. The van der Waals surface area contributed by atoms with Gasteiger partial charge in [-0.2, -0.15) is 5.10 Å². The van der Waals surface area contributed by atoms with E-state index in [1.165, 1.54) is 0 Å². The van der Waals surface area contributed by atoms with Gasteiger partial charge >= 0.3 is 11.8 Å². The minimum absolute atomic E-state index is 0.102. The Balaban J connectivity index is 1.64. The Bertz CT molecular complexity index is 894. The zero-order chi connectivity index (χ0) is 20.8. The van der Waals surface area contributed by atoms with Gasteiger partial charge in [0.15, 0.2) is 0 Å².